The van der Waals surface area contributed by atoms with Crippen LogP contribution in [-0.4, -0.2) is 5.91 Å². The van der Waals surface area contributed by atoms with Gasteiger partial charge >= 0.3 is 0 Å². The first-order chi connectivity index (χ1) is 9.06. The Morgan fingerprint density at radius 3 is 2.63 bits per heavy atom. The second kappa shape index (κ2) is 5.89. The van der Waals surface area contributed by atoms with Crippen LogP contribution in [-0.2, 0) is 0 Å². The molecule has 0 fully saturated rings. The average Bonchev–Trinajstić information content (AvgIpc) is 2.38. The van der Waals surface area contributed by atoms with E-state index in [1.807, 2.05) is 6.92 Å². The van der Waals surface area contributed by atoms with Crippen molar-refractivity contribution in [2.45, 2.75) is 17.9 Å². The van der Waals surface area contributed by atoms with E-state index in [9.17, 15) is 9.18 Å². The van der Waals surface area contributed by atoms with Crippen molar-refractivity contribution in [3.05, 3.63) is 65.5 Å². The lowest BCUT2D eigenvalue weighted by molar-refractivity contribution is 0.0939. The van der Waals surface area contributed by atoms with Gasteiger partial charge in [-0.2, -0.15) is 0 Å². The van der Waals surface area contributed by atoms with Crippen molar-refractivity contribution in [3.8, 4) is 0 Å². The van der Waals surface area contributed by atoms with Crippen LogP contribution in [0, 0.1) is 5.82 Å². The number of carbonyl (C=O) groups is 1. The van der Waals surface area contributed by atoms with E-state index < -0.39 is 0 Å². The summed E-state index contributed by atoms with van der Waals surface area (Å²) in [5.41, 5.74) is 1.27. The highest BCUT2D eigenvalue weighted by Crippen LogP contribution is 2.15. The molecule has 4 heteroatoms. The Balaban J connectivity index is 2.11. The van der Waals surface area contributed by atoms with Crippen molar-refractivity contribution < 1.29 is 9.18 Å². The van der Waals surface area contributed by atoms with Crippen LogP contribution in [0.4, 0.5) is 4.39 Å². The zero-order valence-electron chi connectivity index (χ0n) is 10.4. The van der Waals surface area contributed by atoms with Crippen molar-refractivity contribution in [2.24, 2.45) is 0 Å². The van der Waals surface area contributed by atoms with Gasteiger partial charge < -0.3 is 5.32 Å². The van der Waals surface area contributed by atoms with Crippen molar-refractivity contribution >= 4 is 18.5 Å². The van der Waals surface area contributed by atoms with Gasteiger partial charge in [-0.3, -0.25) is 4.79 Å². The van der Waals surface area contributed by atoms with Gasteiger partial charge in [-0.25, -0.2) is 4.39 Å². The average molecular weight is 275 g/mol. The van der Waals surface area contributed by atoms with E-state index in [1.54, 1.807) is 36.4 Å². The van der Waals surface area contributed by atoms with Crippen molar-refractivity contribution in [2.75, 3.05) is 0 Å². The van der Waals surface area contributed by atoms with Crippen LogP contribution >= 0.6 is 12.6 Å². The molecule has 1 N–H and O–H groups in total. The van der Waals surface area contributed by atoms with Crippen LogP contribution in [0.3, 0.4) is 0 Å². The van der Waals surface area contributed by atoms with Gasteiger partial charge in [0.05, 0.1) is 6.04 Å². The fourth-order valence-electron chi connectivity index (χ4n) is 1.79. The minimum Gasteiger partial charge on any atom is -0.346 e. The second-order valence-corrected chi connectivity index (χ2v) is 4.82. The lowest BCUT2D eigenvalue weighted by Crippen LogP contribution is -2.26. The second-order valence-electron chi connectivity index (χ2n) is 4.30. The summed E-state index contributed by atoms with van der Waals surface area (Å²) in [5, 5.41) is 2.83. The van der Waals surface area contributed by atoms with Crippen molar-refractivity contribution in [1.29, 1.82) is 0 Å². The molecule has 1 unspecified atom stereocenters. The molecular weight excluding hydrogens is 261 g/mol. The van der Waals surface area contributed by atoms with E-state index in [1.165, 1.54) is 12.1 Å². The Hall–Kier alpha value is -1.81. The summed E-state index contributed by atoms with van der Waals surface area (Å²) >= 11 is 4.19. The molecule has 98 valence electrons. The Morgan fingerprint density at radius 2 is 1.95 bits per heavy atom. The maximum Gasteiger partial charge on any atom is 0.251 e. The number of nitrogens with one attached hydrogen (secondary N) is 1. The van der Waals surface area contributed by atoms with Crippen molar-refractivity contribution in [1.82, 2.24) is 5.32 Å². The fraction of sp³-hybridized carbons (Fsp3) is 0.133. The molecule has 0 aliphatic carbocycles. The Labute approximate surface area is 117 Å². The Morgan fingerprint density at radius 1 is 1.21 bits per heavy atom. The van der Waals surface area contributed by atoms with Gasteiger partial charge in [0.15, 0.2) is 0 Å². The van der Waals surface area contributed by atoms with Crippen LogP contribution in [0.5, 0.6) is 0 Å². The largest absolute Gasteiger partial charge is 0.346 e. The summed E-state index contributed by atoms with van der Waals surface area (Å²) in [7, 11) is 0. The predicted octanol–water partition coefficient (Wildman–Crippen LogP) is 3.61. The number of hydrogen-bond acceptors (Lipinski definition) is 2. The molecule has 0 saturated carbocycles. The molecule has 0 aliphatic rings. The molecule has 0 spiro atoms. The first-order valence-corrected chi connectivity index (χ1v) is 6.36. The van der Waals surface area contributed by atoms with Gasteiger partial charge in [-0.1, -0.05) is 18.2 Å². The maximum atomic E-state index is 13.1. The number of benzene rings is 2. The van der Waals surface area contributed by atoms with Crippen LogP contribution in [0.2, 0.25) is 0 Å². The molecule has 2 rings (SSSR count). The maximum absolute atomic E-state index is 13.1. The molecule has 2 aromatic rings. The van der Waals surface area contributed by atoms with E-state index in [2.05, 4.69) is 17.9 Å². The fourth-order valence-corrected chi connectivity index (χ4v) is 2.01. The van der Waals surface area contributed by atoms with E-state index >= 15 is 0 Å². The SMILES string of the molecule is CC(NC(=O)c1cccc(S)c1)c1cccc(F)c1. The first kappa shape index (κ1) is 13.6. The molecule has 0 aromatic heterocycles. The number of carbonyl (C=O) groups excluding carboxylic acids is 1. The van der Waals surface area contributed by atoms with Crippen LogP contribution < -0.4 is 5.32 Å². The summed E-state index contributed by atoms with van der Waals surface area (Å²) in [6.45, 7) is 1.82. The molecule has 0 heterocycles. The summed E-state index contributed by atoms with van der Waals surface area (Å²) in [4.78, 5) is 12.8. The predicted molar refractivity (Wildman–Crippen MR) is 76.0 cm³/mol. The van der Waals surface area contributed by atoms with Gasteiger partial charge in [0.25, 0.3) is 5.91 Å². The van der Waals surface area contributed by atoms with E-state index in [-0.39, 0.29) is 17.8 Å². The summed E-state index contributed by atoms with van der Waals surface area (Å²) < 4.78 is 13.1. The van der Waals surface area contributed by atoms with Gasteiger partial charge in [-0.05, 0) is 42.8 Å². The zero-order chi connectivity index (χ0) is 13.8. The molecule has 1 atom stereocenters. The van der Waals surface area contributed by atoms with Crippen LogP contribution in [0.25, 0.3) is 0 Å². The zero-order valence-corrected chi connectivity index (χ0v) is 11.3. The molecule has 2 nitrogen and oxygen atoms in total. The molecule has 0 radical (unpaired) electrons. The molecule has 1 amide bonds. The minimum absolute atomic E-state index is 0.201. The molecule has 0 saturated heterocycles. The number of thiol groups is 1. The molecule has 0 aliphatic heterocycles. The van der Waals surface area contributed by atoms with Gasteiger partial charge in [0, 0.05) is 10.5 Å². The number of rotatable bonds is 3. The highest BCUT2D eigenvalue weighted by molar-refractivity contribution is 7.80. The normalized spacial score (nSPS) is 11.9. The standard InChI is InChI=1S/C15H14FNOS/c1-10(11-4-2-6-13(16)8-11)17-15(18)12-5-3-7-14(19)9-12/h2-10,19H,1H3,(H,17,18). The van der Waals surface area contributed by atoms with E-state index in [0.717, 1.165) is 10.5 Å². The molecule has 0 bridgehead atoms. The van der Waals surface area contributed by atoms with Gasteiger partial charge in [0.1, 0.15) is 5.82 Å². The van der Waals surface area contributed by atoms with E-state index in [4.69, 9.17) is 0 Å². The van der Waals surface area contributed by atoms with Gasteiger partial charge in [0.2, 0.25) is 0 Å². The number of amides is 1. The smallest absolute Gasteiger partial charge is 0.251 e. The van der Waals surface area contributed by atoms with E-state index in [0.29, 0.717) is 5.56 Å². The number of halogens is 1. The third-order valence-corrected chi connectivity index (χ3v) is 3.08. The molecule has 2 aromatic carbocycles. The lowest BCUT2D eigenvalue weighted by Gasteiger charge is -2.14. The topological polar surface area (TPSA) is 29.1 Å². The highest BCUT2D eigenvalue weighted by Gasteiger charge is 2.11. The quantitative estimate of drug-likeness (QED) is 0.823. The van der Waals surface area contributed by atoms with Crippen molar-refractivity contribution in [3.63, 3.8) is 0 Å². The highest BCUT2D eigenvalue weighted by atomic mass is 32.1. The summed E-state index contributed by atoms with van der Waals surface area (Å²) in [6.07, 6.45) is 0. The first-order valence-electron chi connectivity index (χ1n) is 5.91. The minimum atomic E-state index is -0.309. The third-order valence-electron chi connectivity index (χ3n) is 2.80. The Bertz CT molecular complexity index is 600. The monoisotopic (exact) mass is 275 g/mol. The number of hydrogen-bond donors (Lipinski definition) is 2. The molecule has 19 heavy (non-hydrogen) atoms. The molecular formula is C15H14FNOS. The summed E-state index contributed by atoms with van der Waals surface area (Å²) in [5.74, 6) is -0.511. The van der Waals surface area contributed by atoms with Crippen LogP contribution in [0.15, 0.2) is 53.4 Å². The summed E-state index contributed by atoms with van der Waals surface area (Å²) in [6, 6.07) is 12.9. The third kappa shape index (κ3) is 3.58. The Kier molecular flexibility index (Phi) is 4.22. The van der Waals surface area contributed by atoms with Crippen LogP contribution in [0.1, 0.15) is 28.9 Å². The van der Waals surface area contributed by atoms with Gasteiger partial charge in [-0.15, -0.1) is 12.6 Å². The lowest BCUT2D eigenvalue weighted by atomic mass is 10.1.